The average molecular weight is 260 g/mol. The third kappa shape index (κ3) is 3.40. The fourth-order valence-electron chi connectivity index (χ4n) is 1.82. The quantitative estimate of drug-likeness (QED) is 0.883. The van der Waals surface area contributed by atoms with Gasteiger partial charge in [0.1, 0.15) is 0 Å². The summed E-state index contributed by atoms with van der Waals surface area (Å²) in [7, 11) is 0. The maximum atomic E-state index is 4.56. The van der Waals surface area contributed by atoms with Gasteiger partial charge in [0.2, 0.25) is 0 Å². The third-order valence-electron chi connectivity index (χ3n) is 3.07. The Morgan fingerprint density at radius 3 is 2.61 bits per heavy atom. The molecular weight excluding hydrogens is 240 g/mol. The monoisotopic (exact) mass is 260 g/mol. The molecule has 1 aromatic carbocycles. The Kier molecular flexibility index (Phi) is 4.50. The summed E-state index contributed by atoms with van der Waals surface area (Å²) >= 11 is 1.75. The fraction of sp³-hybridized carbons (Fsp3) is 0.400. The summed E-state index contributed by atoms with van der Waals surface area (Å²) < 4.78 is 0. The van der Waals surface area contributed by atoms with E-state index in [4.69, 9.17) is 0 Å². The molecule has 2 nitrogen and oxygen atoms in total. The second-order valence-electron chi connectivity index (χ2n) is 4.60. The summed E-state index contributed by atoms with van der Waals surface area (Å²) in [5, 5.41) is 6.88. The zero-order valence-electron chi connectivity index (χ0n) is 11.2. The van der Waals surface area contributed by atoms with E-state index in [1.807, 2.05) is 0 Å². The van der Waals surface area contributed by atoms with Gasteiger partial charge in [0.05, 0.1) is 10.7 Å². The number of rotatable bonds is 5. The summed E-state index contributed by atoms with van der Waals surface area (Å²) in [5.74, 6) is 0. The molecule has 1 atom stereocenters. The Labute approximate surface area is 113 Å². The predicted molar refractivity (Wildman–Crippen MR) is 77.9 cm³/mol. The fourth-order valence-corrected chi connectivity index (χ4v) is 2.57. The van der Waals surface area contributed by atoms with E-state index in [-0.39, 0.29) is 0 Å². The highest BCUT2D eigenvalue weighted by Crippen LogP contribution is 2.15. The van der Waals surface area contributed by atoms with E-state index in [0.717, 1.165) is 18.7 Å². The van der Waals surface area contributed by atoms with Gasteiger partial charge < -0.3 is 5.32 Å². The number of benzene rings is 1. The second-order valence-corrected chi connectivity index (χ2v) is 5.54. The molecule has 0 aliphatic rings. The highest BCUT2D eigenvalue weighted by molar-refractivity contribution is 7.09. The van der Waals surface area contributed by atoms with Crippen molar-refractivity contribution in [2.45, 2.75) is 39.8 Å². The first-order valence-corrected chi connectivity index (χ1v) is 7.30. The standard InChI is InChI=1S/C15H20N2S/c1-4-15-17-14(10-18-15)9-16-12(3)13-7-5-11(2)6-8-13/h5-8,10,12,16H,4,9H2,1-3H3/t12-/m1/s1. The molecule has 0 bridgehead atoms. The molecule has 0 saturated heterocycles. The van der Waals surface area contributed by atoms with Gasteiger partial charge in [-0.25, -0.2) is 4.98 Å². The third-order valence-corrected chi connectivity index (χ3v) is 4.11. The molecule has 0 fully saturated rings. The lowest BCUT2D eigenvalue weighted by Crippen LogP contribution is -2.18. The van der Waals surface area contributed by atoms with Gasteiger partial charge in [-0.2, -0.15) is 0 Å². The summed E-state index contributed by atoms with van der Waals surface area (Å²) in [6.07, 6.45) is 1.03. The molecule has 0 unspecified atom stereocenters. The summed E-state index contributed by atoms with van der Waals surface area (Å²) in [5.41, 5.74) is 3.78. The molecule has 1 aromatic heterocycles. The normalized spacial score (nSPS) is 12.6. The SMILES string of the molecule is CCc1nc(CN[C@H](C)c2ccc(C)cc2)cs1. The van der Waals surface area contributed by atoms with E-state index in [1.54, 1.807) is 11.3 Å². The van der Waals surface area contributed by atoms with Crippen molar-refractivity contribution < 1.29 is 0 Å². The van der Waals surface area contributed by atoms with Crippen molar-refractivity contribution >= 4 is 11.3 Å². The van der Waals surface area contributed by atoms with Gasteiger partial charge in [-0.15, -0.1) is 11.3 Å². The van der Waals surface area contributed by atoms with Gasteiger partial charge in [0.15, 0.2) is 0 Å². The first kappa shape index (κ1) is 13.2. The molecule has 1 heterocycles. The van der Waals surface area contributed by atoms with Crippen molar-refractivity contribution in [1.82, 2.24) is 10.3 Å². The maximum absolute atomic E-state index is 4.56. The lowest BCUT2D eigenvalue weighted by molar-refractivity contribution is 0.568. The largest absolute Gasteiger partial charge is 0.305 e. The van der Waals surface area contributed by atoms with Crippen molar-refractivity contribution in [2.75, 3.05) is 0 Å². The Balaban J connectivity index is 1.91. The van der Waals surface area contributed by atoms with E-state index < -0.39 is 0 Å². The summed E-state index contributed by atoms with van der Waals surface area (Å²) in [6.45, 7) is 7.29. The van der Waals surface area contributed by atoms with Gasteiger partial charge in [0.25, 0.3) is 0 Å². The van der Waals surface area contributed by atoms with Crippen LogP contribution >= 0.6 is 11.3 Å². The van der Waals surface area contributed by atoms with Crippen LogP contribution in [0, 0.1) is 6.92 Å². The number of aromatic nitrogens is 1. The Hall–Kier alpha value is -1.19. The summed E-state index contributed by atoms with van der Waals surface area (Å²) in [4.78, 5) is 4.56. The first-order chi connectivity index (χ1) is 8.69. The van der Waals surface area contributed by atoms with Crippen LogP contribution in [0.4, 0.5) is 0 Å². The van der Waals surface area contributed by atoms with Crippen LogP contribution in [-0.4, -0.2) is 4.98 Å². The van der Waals surface area contributed by atoms with E-state index in [0.29, 0.717) is 6.04 Å². The van der Waals surface area contributed by atoms with Gasteiger partial charge in [-0.3, -0.25) is 0 Å². The Morgan fingerprint density at radius 1 is 1.28 bits per heavy atom. The Morgan fingerprint density at radius 2 is 2.00 bits per heavy atom. The van der Waals surface area contributed by atoms with Crippen LogP contribution in [0.15, 0.2) is 29.6 Å². The molecule has 3 heteroatoms. The molecule has 0 saturated carbocycles. The van der Waals surface area contributed by atoms with Gasteiger partial charge in [0, 0.05) is 18.0 Å². The molecule has 18 heavy (non-hydrogen) atoms. The minimum absolute atomic E-state index is 0.359. The van der Waals surface area contributed by atoms with Crippen LogP contribution in [0.25, 0.3) is 0 Å². The topological polar surface area (TPSA) is 24.9 Å². The first-order valence-electron chi connectivity index (χ1n) is 6.42. The molecule has 0 spiro atoms. The van der Waals surface area contributed by atoms with Gasteiger partial charge in [-0.1, -0.05) is 36.8 Å². The molecule has 1 N–H and O–H groups in total. The van der Waals surface area contributed by atoms with E-state index >= 15 is 0 Å². The van der Waals surface area contributed by atoms with Crippen molar-refractivity contribution in [3.8, 4) is 0 Å². The number of nitrogens with one attached hydrogen (secondary N) is 1. The smallest absolute Gasteiger partial charge is 0.0926 e. The zero-order chi connectivity index (χ0) is 13.0. The van der Waals surface area contributed by atoms with Crippen molar-refractivity contribution in [1.29, 1.82) is 0 Å². The number of thiazole rings is 1. The number of hydrogen-bond donors (Lipinski definition) is 1. The van der Waals surface area contributed by atoms with Crippen molar-refractivity contribution in [3.63, 3.8) is 0 Å². The second kappa shape index (κ2) is 6.12. The molecule has 96 valence electrons. The maximum Gasteiger partial charge on any atom is 0.0926 e. The van der Waals surface area contributed by atoms with E-state index in [9.17, 15) is 0 Å². The molecule has 2 aromatic rings. The molecule has 0 aliphatic heterocycles. The number of hydrogen-bond acceptors (Lipinski definition) is 3. The number of nitrogens with zero attached hydrogens (tertiary/aromatic N) is 1. The van der Waals surface area contributed by atoms with Crippen LogP contribution in [0.5, 0.6) is 0 Å². The molecule has 2 rings (SSSR count). The predicted octanol–water partition coefficient (Wildman–Crippen LogP) is 3.86. The highest BCUT2D eigenvalue weighted by Gasteiger charge is 2.06. The summed E-state index contributed by atoms with van der Waals surface area (Å²) in [6, 6.07) is 9.05. The van der Waals surface area contributed by atoms with Gasteiger partial charge in [-0.05, 0) is 25.8 Å². The molecule has 0 amide bonds. The average Bonchev–Trinajstić information content (AvgIpc) is 2.85. The lowest BCUT2D eigenvalue weighted by atomic mass is 10.1. The minimum Gasteiger partial charge on any atom is -0.305 e. The zero-order valence-corrected chi connectivity index (χ0v) is 12.1. The van der Waals surface area contributed by atoms with Crippen molar-refractivity contribution in [2.24, 2.45) is 0 Å². The molecule has 0 aliphatic carbocycles. The van der Waals surface area contributed by atoms with E-state index in [1.165, 1.54) is 16.1 Å². The minimum atomic E-state index is 0.359. The highest BCUT2D eigenvalue weighted by atomic mass is 32.1. The molecular formula is C15H20N2S. The van der Waals surface area contributed by atoms with Crippen molar-refractivity contribution in [3.05, 3.63) is 51.5 Å². The van der Waals surface area contributed by atoms with E-state index in [2.05, 4.69) is 60.7 Å². The molecule has 0 radical (unpaired) electrons. The number of aryl methyl sites for hydroxylation is 2. The van der Waals surface area contributed by atoms with Crippen LogP contribution in [0.3, 0.4) is 0 Å². The van der Waals surface area contributed by atoms with Crippen LogP contribution in [0.2, 0.25) is 0 Å². The lowest BCUT2D eigenvalue weighted by Gasteiger charge is -2.13. The van der Waals surface area contributed by atoms with Crippen LogP contribution in [-0.2, 0) is 13.0 Å². The van der Waals surface area contributed by atoms with Crippen LogP contribution < -0.4 is 5.32 Å². The van der Waals surface area contributed by atoms with Crippen LogP contribution in [0.1, 0.15) is 41.7 Å². The Bertz CT molecular complexity index is 487. The van der Waals surface area contributed by atoms with Gasteiger partial charge >= 0.3 is 0 Å².